The zero-order chi connectivity index (χ0) is 18.8. The van der Waals surface area contributed by atoms with E-state index in [1.807, 2.05) is 11.6 Å². The molecule has 1 fully saturated rings. The van der Waals surface area contributed by atoms with Crippen LogP contribution >= 0.6 is 0 Å². The minimum Gasteiger partial charge on any atom is -0.299 e. The van der Waals surface area contributed by atoms with E-state index in [1.54, 1.807) is 0 Å². The third kappa shape index (κ3) is 5.81. The van der Waals surface area contributed by atoms with Gasteiger partial charge in [0.25, 0.3) is 0 Å². The molecule has 2 heterocycles. The molecular weight excluding hydrogens is 334 g/mol. The van der Waals surface area contributed by atoms with Crippen LogP contribution in [0.3, 0.4) is 0 Å². The van der Waals surface area contributed by atoms with Crippen LogP contribution < -0.4 is 0 Å². The SMILES string of the molecule is Cc1nn(CCS(C)(=O)=O)c(C)c1CN1CCCC(C(C)(C)C)CC1. The summed E-state index contributed by atoms with van der Waals surface area (Å²) in [5.74, 6) is 0.933. The molecular formula is C19H35N3O2S. The Morgan fingerprint density at radius 1 is 1.16 bits per heavy atom. The van der Waals surface area contributed by atoms with Gasteiger partial charge < -0.3 is 0 Å². The summed E-state index contributed by atoms with van der Waals surface area (Å²) in [5, 5.41) is 4.58. The van der Waals surface area contributed by atoms with Crippen molar-refractivity contribution in [3.63, 3.8) is 0 Å². The van der Waals surface area contributed by atoms with Gasteiger partial charge in [0.05, 0.1) is 18.0 Å². The van der Waals surface area contributed by atoms with Crippen LogP contribution in [0.5, 0.6) is 0 Å². The lowest BCUT2D eigenvalue weighted by Crippen LogP contribution is -2.26. The number of hydrogen-bond donors (Lipinski definition) is 0. The van der Waals surface area contributed by atoms with Crippen LogP contribution in [0.15, 0.2) is 0 Å². The Kier molecular flexibility index (Phi) is 6.36. The second kappa shape index (κ2) is 7.78. The molecule has 25 heavy (non-hydrogen) atoms. The van der Waals surface area contributed by atoms with Crippen molar-refractivity contribution in [1.29, 1.82) is 0 Å². The van der Waals surface area contributed by atoms with Crippen LogP contribution in [0.4, 0.5) is 0 Å². The summed E-state index contributed by atoms with van der Waals surface area (Å²) in [7, 11) is -2.97. The van der Waals surface area contributed by atoms with Crippen LogP contribution in [0, 0.1) is 25.2 Å². The van der Waals surface area contributed by atoms with Gasteiger partial charge in [0.1, 0.15) is 9.84 Å². The van der Waals surface area contributed by atoms with E-state index in [2.05, 4.69) is 37.7 Å². The quantitative estimate of drug-likeness (QED) is 0.800. The zero-order valence-electron chi connectivity index (χ0n) is 16.8. The highest BCUT2D eigenvalue weighted by atomic mass is 32.2. The smallest absolute Gasteiger partial charge is 0.149 e. The van der Waals surface area contributed by atoms with Gasteiger partial charge in [-0.25, -0.2) is 8.42 Å². The molecule has 1 aromatic heterocycles. The summed E-state index contributed by atoms with van der Waals surface area (Å²) >= 11 is 0. The first-order chi connectivity index (χ1) is 11.5. The number of aromatic nitrogens is 2. The van der Waals surface area contributed by atoms with Crippen molar-refractivity contribution in [2.24, 2.45) is 11.3 Å². The van der Waals surface area contributed by atoms with Crippen LogP contribution in [0.2, 0.25) is 0 Å². The van der Waals surface area contributed by atoms with Crippen molar-refractivity contribution in [2.75, 3.05) is 25.1 Å². The fraction of sp³-hybridized carbons (Fsp3) is 0.842. The Bertz CT molecular complexity index is 686. The first-order valence-electron chi connectivity index (χ1n) is 9.40. The molecule has 144 valence electrons. The van der Waals surface area contributed by atoms with E-state index < -0.39 is 9.84 Å². The fourth-order valence-corrected chi connectivity index (χ4v) is 4.34. The molecule has 0 radical (unpaired) electrons. The van der Waals surface area contributed by atoms with Crippen molar-refractivity contribution >= 4 is 9.84 Å². The molecule has 0 spiro atoms. The molecule has 2 rings (SSSR count). The van der Waals surface area contributed by atoms with E-state index in [0.717, 1.165) is 36.9 Å². The highest BCUT2D eigenvalue weighted by molar-refractivity contribution is 7.90. The van der Waals surface area contributed by atoms with E-state index in [0.29, 0.717) is 12.0 Å². The van der Waals surface area contributed by atoms with Gasteiger partial charge >= 0.3 is 0 Å². The van der Waals surface area contributed by atoms with E-state index >= 15 is 0 Å². The topological polar surface area (TPSA) is 55.2 Å². The normalized spacial score (nSPS) is 20.6. The number of sulfone groups is 1. The van der Waals surface area contributed by atoms with Crippen molar-refractivity contribution in [2.45, 2.75) is 67.0 Å². The Balaban J connectivity index is 2.04. The average Bonchev–Trinajstić information content (AvgIpc) is 2.67. The third-order valence-corrected chi connectivity index (χ3v) is 6.56. The second-order valence-corrected chi connectivity index (χ2v) is 11.0. The largest absolute Gasteiger partial charge is 0.299 e. The van der Waals surface area contributed by atoms with Gasteiger partial charge in [0.15, 0.2) is 0 Å². The van der Waals surface area contributed by atoms with Gasteiger partial charge in [-0.05, 0) is 57.5 Å². The maximum absolute atomic E-state index is 11.4. The predicted molar refractivity (Wildman–Crippen MR) is 103 cm³/mol. The van der Waals surface area contributed by atoms with E-state index in [-0.39, 0.29) is 5.75 Å². The molecule has 1 unspecified atom stereocenters. The van der Waals surface area contributed by atoms with Gasteiger partial charge in [-0.2, -0.15) is 5.10 Å². The van der Waals surface area contributed by atoms with Gasteiger partial charge in [0.2, 0.25) is 0 Å². The summed E-state index contributed by atoms with van der Waals surface area (Å²) in [5.41, 5.74) is 3.79. The minimum absolute atomic E-state index is 0.144. The van der Waals surface area contributed by atoms with Crippen LogP contribution in [0.25, 0.3) is 0 Å². The Labute approximate surface area is 153 Å². The van der Waals surface area contributed by atoms with Gasteiger partial charge in [0, 0.05) is 24.1 Å². The first kappa shape index (κ1) is 20.4. The molecule has 0 aromatic carbocycles. The summed E-state index contributed by atoms with van der Waals surface area (Å²) in [4.78, 5) is 2.55. The molecule has 1 atom stereocenters. The van der Waals surface area contributed by atoms with Crippen molar-refractivity contribution in [3.05, 3.63) is 17.0 Å². The third-order valence-electron chi connectivity index (χ3n) is 5.63. The number of likely N-dealkylation sites (tertiary alicyclic amines) is 1. The molecule has 1 aliphatic heterocycles. The summed E-state index contributed by atoms with van der Waals surface area (Å²) in [6, 6.07) is 0. The van der Waals surface area contributed by atoms with Crippen LogP contribution in [0.1, 0.15) is 57.0 Å². The number of aryl methyl sites for hydroxylation is 2. The lowest BCUT2D eigenvalue weighted by molar-refractivity contribution is 0.206. The number of hydrogen-bond acceptors (Lipinski definition) is 4. The molecule has 1 aliphatic rings. The lowest BCUT2D eigenvalue weighted by Gasteiger charge is -2.29. The zero-order valence-corrected chi connectivity index (χ0v) is 17.6. The molecule has 0 amide bonds. The van der Waals surface area contributed by atoms with Crippen molar-refractivity contribution < 1.29 is 8.42 Å². The van der Waals surface area contributed by atoms with E-state index in [1.165, 1.54) is 31.1 Å². The molecule has 0 saturated carbocycles. The monoisotopic (exact) mass is 369 g/mol. The van der Waals surface area contributed by atoms with E-state index in [9.17, 15) is 8.42 Å². The van der Waals surface area contributed by atoms with E-state index in [4.69, 9.17) is 0 Å². The Morgan fingerprint density at radius 2 is 1.84 bits per heavy atom. The predicted octanol–water partition coefficient (Wildman–Crippen LogP) is 3.19. The van der Waals surface area contributed by atoms with Gasteiger partial charge in [-0.3, -0.25) is 9.58 Å². The molecule has 0 aliphatic carbocycles. The summed E-state index contributed by atoms with van der Waals surface area (Å²) < 4.78 is 24.7. The van der Waals surface area contributed by atoms with Crippen molar-refractivity contribution in [3.8, 4) is 0 Å². The summed E-state index contributed by atoms with van der Waals surface area (Å²) in [6.45, 7) is 14.8. The standard InChI is InChI=1S/C19H35N3O2S/c1-15-18(16(2)22(20-15)12-13-25(6,23)24)14-21-10-7-8-17(9-11-21)19(3,4)5/h17H,7-14H2,1-6H3. The molecule has 1 aromatic rings. The van der Waals surface area contributed by atoms with Gasteiger partial charge in [-0.1, -0.05) is 20.8 Å². The highest BCUT2D eigenvalue weighted by Gasteiger charge is 2.27. The molecule has 0 N–H and O–H groups in total. The molecule has 5 nitrogen and oxygen atoms in total. The maximum Gasteiger partial charge on any atom is 0.149 e. The average molecular weight is 370 g/mol. The summed E-state index contributed by atoms with van der Waals surface area (Å²) in [6.07, 6.45) is 5.10. The molecule has 1 saturated heterocycles. The maximum atomic E-state index is 11.4. The lowest BCUT2D eigenvalue weighted by atomic mass is 9.77. The highest BCUT2D eigenvalue weighted by Crippen LogP contribution is 2.34. The van der Waals surface area contributed by atoms with Crippen LogP contribution in [-0.4, -0.2) is 48.2 Å². The van der Waals surface area contributed by atoms with Crippen LogP contribution in [-0.2, 0) is 22.9 Å². The minimum atomic E-state index is -2.97. The Morgan fingerprint density at radius 3 is 2.44 bits per heavy atom. The fourth-order valence-electron chi connectivity index (χ4n) is 3.84. The first-order valence-corrected chi connectivity index (χ1v) is 11.5. The number of rotatable bonds is 5. The molecule has 6 heteroatoms. The van der Waals surface area contributed by atoms with Crippen molar-refractivity contribution in [1.82, 2.24) is 14.7 Å². The molecule has 0 bridgehead atoms. The Hall–Kier alpha value is -0.880. The van der Waals surface area contributed by atoms with Gasteiger partial charge in [-0.15, -0.1) is 0 Å². The second-order valence-electron chi connectivity index (χ2n) is 8.77. The number of nitrogens with zero attached hydrogens (tertiary/aromatic N) is 3.